The van der Waals surface area contributed by atoms with Crippen LogP contribution in [0.5, 0.6) is 0 Å². The molecule has 0 heterocycles. The molecule has 2 aliphatic rings. The van der Waals surface area contributed by atoms with Crippen molar-refractivity contribution >= 4 is 0 Å². The van der Waals surface area contributed by atoms with Gasteiger partial charge >= 0.3 is 0 Å². The highest BCUT2D eigenvalue weighted by molar-refractivity contribution is 4.85. The molecule has 2 aliphatic carbocycles. The molecule has 2 saturated carbocycles. The lowest BCUT2D eigenvalue weighted by molar-refractivity contribution is 0.0839. The zero-order valence-electron chi connectivity index (χ0n) is 9.26. The second-order valence-electron chi connectivity index (χ2n) is 5.42. The van der Waals surface area contributed by atoms with Gasteiger partial charge in [0.15, 0.2) is 0 Å². The molecule has 2 fully saturated rings. The van der Waals surface area contributed by atoms with E-state index < -0.39 is 0 Å². The predicted octanol–water partition coefficient (Wildman–Crippen LogP) is 4.25. The minimum Gasteiger partial charge on any atom is -0.0651 e. The molecular weight excluding hydrogens is 156 g/mol. The van der Waals surface area contributed by atoms with Crippen LogP contribution < -0.4 is 0 Å². The first kappa shape index (κ1) is 9.55. The Bertz CT molecular complexity index is 161. The van der Waals surface area contributed by atoms with Gasteiger partial charge in [0.05, 0.1) is 0 Å². The summed E-state index contributed by atoms with van der Waals surface area (Å²) >= 11 is 0. The average Bonchev–Trinajstić information content (AvgIpc) is 2.17. The summed E-state index contributed by atoms with van der Waals surface area (Å²) in [6, 6.07) is 0. The first-order valence-electron chi connectivity index (χ1n) is 6.31. The summed E-state index contributed by atoms with van der Waals surface area (Å²) in [5.74, 6) is 4.31. The summed E-state index contributed by atoms with van der Waals surface area (Å²) in [5.41, 5.74) is 0. The molecule has 0 aromatic rings. The summed E-state index contributed by atoms with van der Waals surface area (Å²) in [5, 5.41) is 0. The van der Waals surface area contributed by atoms with Crippen molar-refractivity contribution in [2.45, 2.75) is 58.8 Å². The van der Waals surface area contributed by atoms with Crippen molar-refractivity contribution in [2.24, 2.45) is 23.7 Å². The SMILES string of the molecule is CCC1CC2CCCCC2CC1C. The molecule has 0 heteroatoms. The molecule has 2 rings (SSSR count). The van der Waals surface area contributed by atoms with E-state index in [1.807, 2.05) is 0 Å². The molecule has 0 saturated heterocycles. The van der Waals surface area contributed by atoms with Gasteiger partial charge in [0, 0.05) is 0 Å². The van der Waals surface area contributed by atoms with Gasteiger partial charge in [-0.1, -0.05) is 46.0 Å². The Morgan fingerprint density at radius 3 is 2.23 bits per heavy atom. The molecule has 0 N–H and O–H groups in total. The van der Waals surface area contributed by atoms with E-state index in [-0.39, 0.29) is 0 Å². The smallest absolute Gasteiger partial charge is 0.0383 e. The van der Waals surface area contributed by atoms with Gasteiger partial charge < -0.3 is 0 Å². The van der Waals surface area contributed by atoms with Gasteiger partial charge in [0.25, 0.3) is 0 Å². The summed E-state index contributed by atoms with van der Waals surface area (Å²) in [7, 11) is 0. The van der Waals surface area contributed by atoms with E-state index in [2.05, 4.69) is 13.8 Å². The quantitative estimate of drug-likeness (QED) is 0.566. The number of fused-ring (bicyclic) bond motifs is 1. The lowest BCUT2D eigenvalue weighted by Crippen LogP contribution is -2.32. The van der Waals surface area contributed by atoms with Gasteiger partial charge in [0.2, 0.25) is 0 Å². The standard InChI is InChI=1S/C13H24/c1-3-11-9-13-7-5-4-6-12(13)8-10(11)2/h10-13H,3-9H2,1-2H3. The van der Waals surface area contributed by atoms with Crippen LogP contribution >= 0.6 is 0 Å². The van der Waals surface area contributed by atoms with Crippen LogP contribution in [0.3, 0.4) is 0 Å². The van der Waals surface area contributed by atoms with Crippen LogP contribution in [0.25, 0.3) is 0 Å². The third-order valence-electron chi connectivity index (χ3n) is 4.68. The van der Waals surface area contributed by atoms with Crippen LogP contribution in [0.4, 0.5) is 0 Å². The van der Waals surface area contributed by atoms with Gasteiger partial charge in [-0.15, -0.1) is 0 Å². The Hall–Kier alpha value is 0. The van der Waals surface area contributed by atoms with E-state index in [9.17, 15) is 0 Å². The fraction of sp³-hybridized carbons (Fsp3) is 1.00. The van der Waals surface area contributed by atoms with E-state index in [0.717, 1.165) is 23.7 Å². The monoisotopic (exact) mass is 180 g/mol. The lowest BCUT2D eigenvalue weighted by Gasteiger charge is -2.42. The van der Waals surface area contributed by atoms with Crippen LogP contribution in [-0.4, -0.2) is 0 Å². The maximum absolute atomic E-state index is 2.49. The van der Waals surface area contributed by atoms with Crippen molar-refractivity contribution in [3.8, 4) is 0 Å². The molecular formula is C13H24. The van der Waals surface area contributed by atoms with Crippen LogP contribution in [0.1, 0.15) is 58.8 Å². The largest absolute Gasteiger partial charge is 0.0651 e. The summed E-state index contributed by atoms with van der Waals surface area (Å²) in [6.45, 7) is 4.86. The van der Waals surface area contributed by atoms with Gasteiger partial charge in [-0.25, -0.2) is 0 Å². The Morgan fingerprint density at radius 1 is 1.00 bits per heavy atom. The molecule has 0 spiro atoms. The third-order valence-corrected chi connectivity index (χ3v) is 4.68. The summed E-state index contributed by atoms with van der Waals surface area (Å²) in [4.78, 5) is 0. The Balaban J connectivity index is 1.97. The molecule has 0 amide bonds. The fourth-order valence-corrected chi connectivity index (χ4v) is 3.77. The molecule has 0 aliphatic heterocycles. The molecule has 0 aromatic carbocycles. The Kier molecular flexibility index (Phi) is 2.96. The van der Waals surface area contributed by atoms with Crippen molar-refractivity contribution in [3.05, 3.63) is 0 Å². The normalized spacial score (nSPS) is 45.7. The van der Waals surface area contributed by atoms with E-state index >= 15 is 0 Å². The minimum absolute atomic E-state index is 1.02. The molecule has 0 aromatic heterocycles. The second-order valence-corrected chi connectivity index (χ2v) is 5.42. The first-order chi connectivity index (χ1) is 6.31. The molecule has 4 unspecified atom stereocenters. The highest BCUT2D eigenvalue weighted by atomic mass is 14.4. The van der Waals surface area contributed by atoms with Crippen LogP contribution in [0.15, 0.2) is 0 Å². The molecule has 0 radical (unpaired) electrons. The van der Waals surface area contributed by atoms with Crippen molar-refractivity contribution in [3.63, 3.8) is 0 Å². The highest BCUT2D eigenvalue weighted by Crippen LogP contribution is 2.45. The second kappa shape index (κ2) is 4.02. The lowest BCUT2D eigenvalue weighted by atomic mass is 9.63. The van der Waals surface area contributed by atoms with E-state index in [1.54, 1.807) is 25.7 Å². The predicted molar refractivity (Wildman–Crippen MR) is 57.6 cm³/mol. The highest BCUT2D eigenvalue weighted by Gasteiger charge is 2.34. The molecule has 76 valence electrons. The third kappa shape index (κ3) is 1.92. The average molecular weight is 180 g/mol. The molecule has 4 atom stereocenters. The van der Waals surface area contributed by atoms with Gasteiger partial charge in [-0.2, -0.15) is 0 Å². The maximum atomic E-state index is 2.49. The minimum atomic E-state index is 1.02. The van der Waals surface area contributed by atoms with Gasteiger partial charge in [0.1, 0.15) is 0 Å². The Labute approximate surface area is 83.1 Å². The maximum Gasteiger partial charge on any atom is -0.0383 e. The molecule has 0 nitrogen and oxygen atoms in total. The van der Waals surface area contributed by atoms with Crippen molar-refractivity contribution in [1.82, 2.24) is 0 Å². The topological polar surface area (TPSA) is 0 Å². The molecule has 0 bridgehead atoms. The van der Waals surface area contributed by atoms with Crippen LogP contribution in [0, 0.1) is 23.7 Å². The van der Waals surface area contributed by atoms with Crippen LogP contribution in [-0.2, 0) is 0 Å². The van der Waals surface area contributed by atoms with Gasteiger partial charge in [-0.3, -0.25) is 0 Å². The van der Waals surface area contributed by atoms with Crippen molar-refractivity contribution in [2.75, 3.05) is 0 Å². The van der Waals surface area contributed by atoms with E-state index in [1.165, 1.54) is 19.3 Å². The summed E-state index contributed by atoms with van der Waals surface area (Å²) < 4.78 is 0. The van der Waals surface area contributed by atoms with Crippen molar-refractivity contribution in [1.29, 1.82) is 0 Å². The van der Waals surface area contributed by atoms with Gasteiger partial charge in [-0.05, 0) is 36.5 Å². The zero-order chi connectivity index (χ0) is 9.26. The number of rotatable bonds is 1. The van der Waals surface area contributed by atoms with Crippen molar-refractivity contribution < 1.29 is 0 Å². The Morgan fingerprint density at radius 2 is 1.62 bits per heavy atom. The first-order valence-corrected chi connectivity index (χ1v) is 6.31. The van der Waals surface area contributed by atoms with Crippen LogP contribution in [0.2, 0.25) is 0 Å². The van der Waals surface area contributed by atoms with E-state index in [0.29, 0.717) is 0 Å². The fourth-order valence-electron chi connectivity index (χ4n) is 3.77. The molecule has 13 heavy (non-hydrogen) atoms. The van der Waals surface area contributed by atoms with E-state index in [4.69, 9.17) is 0 Å². The number of hydrogen-bond acceptors (Lipinski definition) is 0. The zero-order valence-corrected chi connectivity index (χ0v) is 9.26. The number of hydrogen-bond donors (Lipinski definition) is 0. The summed E-state index contributed by atoms with van der Waals surface area (Å²) in [6.07, 6.45) is 10.7.